The molecule has 4 N–H and O–H groups in total. The molecule has 0 fully saturated rings. The van der Waals surface area contributed by atoms with E-state index in [-0.39, 0.29) is 35.6 Å². The number of thiazole rings is 2. The first kappa shape index (κ1) is 31.6. The van der Waals surface area contributed by atoms with Crippen LogP contribution in [0.4, 0.5) is 17.6 Å². The largest absolute Gasteiger partial charge is 0.393 e. The van der Waals surface area contributed by atoms with Gasteiger partial charge >= 0.3 is 6.18 Å². The average molecular weight is 603 g/mol. The number of hydrogen-bond acceptors (Lipinski definition) is 8. The second kappa shape index (κ2) is 14.1. The van der Waals surface area contributed by atoms with E-state index in [1.165, 1.54) is 31.5 Å². The Labute approximate surface area is 236 Å². The Balaban J connectivity index is 1.76. The zero-order chi connectivity index (χ0) is 29.4. The molecular weight excluding hydrogens is 572 g/mol. The normalized spacial score (nSPS) is 14.8. The van der Waals surface area contributed by atoms with E-state index >= 15 is 0 Å². The number of aryl methyl sites for hydroxylation is 1. The molecule has 3 aromatic rings. The van der Waals surface area contributed by atoms with Gasteiger partial charge in [0, 0.05) is 23.6 Å². The summed E-state index contributed by atoms with van der Waals surface area (Å²) in [4.78, 5) is 34.7. The van der Waals surface area contributed by atoms with Crippen LogP contribution < -0.4 is 10.6 Å². The van der Waals surface area contributed by atoms with Gasteiger partial charge in [-0.3, -0.25) is 9.59 Å². The second-order valence-electron chi connectivity index (χ2n) is 9.38. The number of alkyl halides is 3. The molecule has 0 spiro atoms. The van der Waals surface area contributed by atoms with Crippen molar-refractivity contribution in [2.24, 2.45) is 0 Å². The van der Waals surface area contributed by atoms with Gasteiger partial charge in [-0.05, 0) is 57.2 Å². The summed E-state index contributed by atoms with van der Waals surface area (Å²) in [6, 6.07) is 1.94. The molecule has 40 heavy (non-hydrogen) atoms. The number of carbonyl (C=O) groups excluding carboxylic acids is 2. The number of carbonyl (C=O) groups is 2. The van der Waals surface area contributed by atoms with Crippen molar-refractivity contribution in [3.63, 3.8) is 0 Å². The van der Waals surface area contributed by atoms with Gasteiger partial charge in [-0.15, -0.1) is 22.7 Å². The monoisotopic (exact) mass is 602 g/mol. The summed E-state index contributed by atoms with van der Waals surface area (Å²) in [5.41, 5.74) is 1.28. The summed E-state index contributed by atoms with van der Waals surface area (Å²) in [5.74, 6) is -1.83. The molecule has 2 amide bonds. The van der Waals surface area contributed by atoms with E-state index in [1.807, 2.05) is 0 Å². The van der Waals surface area contributed by atoms with Crippen molar-refractivity contribution in [2.45, 2.75) is 76.4 Å². The topological polar surface area (TPSA) is 124 Å². The molecule has 218 valence electrons. The highest BCUT2D eigenvalue weighted by atomic mass is 32.1. The van der Waals surface area contributed by atoms with Crippen LogP contribution in [0.25, 0.3) is 10.6 Å². The van der Waals surface area contributed by atoms with Crippen LogP contribution in [0, 0.1) is 12.7 Å². The van der Waals surface area contributed by atoms with Gasteiger partial charge in [0.2, 0.25) is 5.91 Å². The molecular formula is C26H30F4N4O4S2. The molecule has 0 bridgehead atoms. The molecule has 2 heterocycles. The standard InChI is InChI=1S/C26H30F4N4O4S2/c1-14-5-7-16(27)12-17(14)24-32-13-20(40-24)23(38)34-19(8-6-15(2)35)22(37)33-18(4-3-9-26(28,29)30)21(36)25-31-10-11-39-25/h5,7,10-13,15,18-19,21,35-36H,3-4,6,8-9H2,1-2H3,(H,33,37)(H,34,38)/t15?,18-,19-,21?/m0/s1. The van der Waals surface area contributed by atoms with Crippen LogP contribution in [0.5, 0.6) is 0 Å². The molecule has 0 aliphatic heterocycles. The third-order valence-electron chi connectivity index (χ3n) is 6.04. The molecule has 1 aromatic carbocycles. The SMILES string of the molecule is Cc1ccc(F)cc1-c1ncc(C(=O)N[C@@H](CCC(C)O)C(=O)N[C@@H](CCCC(F)(F)F)C(O)c2nccs2)s1. The Morgan fingerprint density at radius 2 is 1.85 bits per heavy atom. The van der Waals surface area contributed by atoms with Crippen LogP contribution in [-0.4, -0.2) is 56.4 Å². The Bertz CT molecular complexity index is 1270. The number of amides is 2. The zero-order valence-electron chi connectivity index (χ0n) is 21.7. The van der Waals surface area contributed by atoms with Crippen LogP contribution in [0.1, 0.15) is 65.4 Å². The minimum atomic E-state index is -4.40. The molecule has 0 saturated carbocycles. The number of aliphatic hydroxyl groups is 2. The van der Waals surface area contributed by atoms with E-state index in [0.717, 1.165) is 28.2 Å². The van der Waals surface area contributed by atoms with Crippen molar-refractivity contribution < 1.29 is 37.4 Å². The number of hydrogen-bond donors (Lipinski definition) is 4. The summed E-state index contributed by atoms with van der Waals surface area (Å²) in [6.07, 6.45) is -5.27. The van der Waals surface area contributed by atoms with Gasteiger partial charge in [0.05, 0.1) is 18.3 Å². The van der Waals surface area contributed by atoms with E-state index in [0.29, 0.717) is 10.6 Å². The molecule has 0 aliphatic rings. The number of nitrogens with zero attached hydrogens (tertiary/aromatic N) is 2. The number of nitrogens with one attached hydrogen (secondary N) is 2. The van der Waals surface area contributed by atoms with Crippen LogP contribution >= 0.6 is 22.7 Å². The molecule has 0 aliphatic carbocycles. The van der Waals surface area contributed by atoms with Gasteiger partial charge in [0.1, 0.15) is 32.9 Å². The van der Waals surface area contributed by atoms with Crippen LogP contribution in [0.3, 0.4) is 0 Å². The fourth-order valence-corrected chi connectivity index (χ4v) is 5.49. The third kappa shape index (κ3) is 9.32. The first-order chi connectivity index (χ1) is 18.8. The zero-order valence-corrected chi connectivity index (χ0v) is 23.4. The maximum absolute atomic E-state index is 13.8. The minimum absolute atomic E-state index is 0.0204. The van der Waals surface area contributed by atoms with Crippen molar-refractivity contribution in [3.8, 4) is 10.6 Å². The van der Waals surface area contributed by atoms with E-state index in [4.69, 9.17) is 0 Å². The molecule has 0 radical (unpaired) electrons. The van der Waals surface area contributed by atoms with Crippen LogP contribution in [-0.2, 0) is 4.79 Å². The summed E-state index contributed by atoms with van der Waals surface area (Å²) < 4.78 is 52.0. The Morgan fingerprint density at radius 3 is 2.50 bits per heavy atom. The van der Waals surface area contributed by atoms with Crippen LogP contribution in [0.2, 0.25) is 0 Å². The molecule has 4 atom stereocenters. The lowest BCUT2D eigenvalue weighted by atomic mass is 10.0. The maximum Gasteiger partial charge on any atom is 0.389 e. The molecule has 0 saturated heterocycles. The molecule has 3 rings (SSSR count). The van der Waals surface area contributed by atoms with Crippen molar-refractivity contribution in [1.82, 2.24) is 20.6 Å². The first-order valence-corrected chi connectivity index (χ1v) is 14.2. The summed E-state index contributed by atoms with van der Waals surface area (Å²) in [7, 11) is 0. The molecule has 8 nitrogen and oxygen atoms in total. The lowest BCUT2D eigenvalue weighted by molar-refractivity contribution is -0.136. The van der Waals surface area contributed by atoms with E-state index in [2.05, 4.69) is 20.6 Å². The second-order valence-corrected chi connectivity index (χ2v) is 11.3. The summed E-state index contributed by atoms with van der Waals surface area (Å²) in [5, 5.41) is 27.9. The molecule has 2 unspecified atom stereocenters. The fourth-order valence-electron chi connectivity index (χ4n) is 3.90. The Kier molecular flexibility index (Phi) is 11.1. The predicted molar refractivity (Wildman–Crippen MR) is 143 cm³/mol. The number of benzene rings is 1. The van der Waals surface area contributed by atoms with Crippen LogP contribution in [0.15, 0.2) is 36.0 Å². The molecule has 2 aromatic heterocycles. The van der Waals surface area contributed by atoms with E-state index in [9.17, 15) is 37.4 Å². The van der Waals surface area contributed by atoms with Gasteiger partial charge in [-0.25, -0.2) is 14.4 Å². The fraction of sp³-hybridized carbons (Fsp3) is 0.462. The quantitative estimate of drug-likeness (QED) is 0.206. The van der Waals surface area contributed by atoms with E-state index < -0.39 is 54.5 Å². The Hall–Kier alpha value is -2.94. The van der Waals surface area contributed by atoms with Gasteiger partial charge in [-0.1, -0.05) is 6.07 Å². The summed E-state index contributed by atoms with van der Waals surface area (Å²) >= 11 is 2.09. The average Bonchev–Trinajstić information content (AvgIpc) is 3.59. The Morgan fingerprint density at radius 1 is 1.10 bits per heavy atom. The third-order valence-corrected chi connectivity index (χ3v) is 7.92. The number of halogens is 4. The predicted octanol–water partition coefficient (Wildman–Crippen LogP) is 4.92. The van der Waals surface area contributed by atoms with E-state index in [1.54, 1.807) is 18.4 Å². The van der Waals surface area contributed by atoms with Crippen molar-refractivity contribution in [1.29, 1.82) is 0 Å². The van der Waals surface area contributed by atoms with Crippen molar-refractivity contribution >= 4 is 34.5 Å². The number of rotatable bonds is 13. The maximum atomic E-state index is 13.8. The van der Waals surface area contributed by atoms with Crippen molar-refractivity contribution in [3.05, 3.63) is 57.2 Å². The lowest BCUT2D eigenvalue weighted by Crippen LogP contribution is -2.51. The number of aromatic nitrogens is 2. The highest BCUT2D eigenvalue weighted by Crippen LogP contribution is 2.29. The van der Waals surface area contributed by atoms with Gasteiger partial charge in [0.25, 0.3) is 5.91 Å². The van der Waals surface area contributed by atoms with Crippen molar-refractivity contribution in [2.75, 3.05) is 0 Å². The lowest BCUT2D eigenvalue weighted by Gasteiger charge is -2.26. The minimum Gasteiger partial charge on any atom is -0.393 e. The molecule has 14 heteroatoms. The van der Waals surface area contributed by atoms with Gasteiger partial charge in [0.15, 0.2) is 0 Å². The van der Waals surface area contributed by atoms with Gasteiger partial charge in [-0.2, -0.15) is 13.2 Å². The number of aliphatic hydroxyl groups excluding tert-OH is 2. The first-order valence-electron chi connectivity index (χ1n) is 12.5. The van der Waals surface area contributed by atoms with Gasteiger partial charge < -0.3 is 20.8 Å². The highest BCUT2D eigenvalue weighted by molar-refractivity contribution is 7.16. The summed E-state index contributed by atoms with van der Waals surface area (Å²) in [6.45, 7) is 3.29. The highest BCUT2D eigenvalue weighted by Gasteiger charge is 2.32. The smallest absolute Gasteiger partial charge is 0.389 e.